The molecule has 0 spiro atoms. The lowest BCUT2D eigenvalue weighted by Crippen LogP contribution is -2.38. The van der Waals surface area contributed by atoms with E-state index >= 15 is 0 Å². The van der Waals surface area contributed by atoms with Crippen molar-refractivity contribution < 1.29 is 0 Å². The van der Waals surface area contributed by atoms with Crippen molar-refractivity contribution >= 4 is 23.2 Å². The van der Waals surface area contributed by atoms with Crippen molar-refractivity contribution in [1.82, 2.24) is 0 Å². The molecule has 0 aliphatic heterocycles. The second-order valence-electron chi connectivity index (χ2n) is 4.45. The highest BCUT2D eigenvalue weighted by Gasteiger charge is 2.31. The predicted octanol–water partition coefficient (Wildman–Crippen LogP) is 3.83. The van der Waals surface area contributed by atoms with E-state index in [1.807, 2.05) is 12.1 Å². The zero-order valence-corrected chi connectivity index (χ0v) is 10.2. The maximum absolute atomic E-state index is 6.00. The molecule has 1 atom stereocenters. The molecule has 1 saturated carbocycles. The van der Waals surface area contributed by atoms with Crippen molar-refractivity contribution in [2.75, 3.05) is 0 Å². The summed E-state index contributed by atoms with van der Waals surface area (Å²) in [6, 6.07) is 6.30. The largest absolute Gasteiger partial charge is 0.328 e. The average molecular weight is 244 g/mol. The molecule has 0 saturated heterocycles. The first-order chi connectivity index (χ1) is 7.08. The predicted molar refractivity (Wildman–Crippen MR) is 65.6 cm³/mol. The van der Waals surface area contributed by atoms with Crippen molar-refractivity contribution in [3.63, 3.8) is 0 Å². The molecule has 15 heavy (non-hydrogen) atoms. The summed E-state index contributed by atoms with van der Waals surface area (Å²) in [4.78, 5) is 0. The van der Waals surface area contributed by atoms with Crippen LogP contribution in [0, 0.1) is 5.92 Å². The van der Waals surface area contributed by atoms with Gasteiger partial charge in [0.25, 0.3) is 0 Å². The molecule has 1 fully saturated rings. The lowest BCUT2D eigenvalue weighted by Gasteiger charge is -2.37. The minimum Gasteiger partial charge on any atom is -0.328 e. The van der Waals surface area contributed by atoms with Gasteiger partial charge in [0, 0.05) is 6.04 Å². The molecule has 82 valence electrons. The molecule has 1 aromatic carbocycles. The Morgan fingerprint density at radius 2 is 1.93 bits per heavy atom. The first kappa shape index (κ1) is 11.3. The van der Waals surface area contributed by atoms with Crippen LogP contribution in [-0.4, -0.2) is 6.04 Å². The van der Waals surface area contributed by atoms with Gasteiger partial charge in [-0.2, -0.15) is 0 Å². The van der Waals surface area contributed by atoms with Gasteiger partial charge in [-0.3, -0.25) is 0 Å². The van der Waals surface area contributed by atoms with E-state index in [0.717, 1.165) is 12.8 Å². The Balaban J connectivity index is 2.12. The van der Waals surface area contributed by atoms with E-state index in [0.29, 0.717) is 27.9 Å². The molecule has 2 rings (SSSR count). The van der Waals surface area contributed by atoms with E-state index < -0.39 is 0 Å². The quantitative estimate of drug-likeness (QED) is 0.840. The number of hydrogen-bond acceptors (Lipinski definition) is 1. The van der Waals surface area contributed by atoms with Crippen molar-refractivity contribution in [3.05, 3.63) is 33.8 Å². The summed E-state index contributed by atoms with van der Waals surface area (Å²) in [7, 11) is 0. The van der Waals surface area contributed by atoms with Crippen LogP contribution in [0.4, 0.5) is 0 Å². The van der Waals surface area contributed by atoms with Gasteiger partial charge in [0.2, 0.25) is 0 Å². The smallest absolute Gasteiger partial charge is 0.0595 e. The summed E-state index contributed by atoms with van der Waals surface area (Å²) in [5.41, 5.74) is 7.06. The Morgan fingerprint density at radius 1 is 1.27 bits per heavy atom. The normalized spacial score (nSPS) is 27.2. The van der Waals surface area contributed by atoms with Crippen LogP contribution in [-0.2, 0) is 0 Å². The van der Waals surface area contributed by atoms with Crippen molar-refractivity contribution in [3.8, 4) is 0 Å². The number of nitrogens with two attached hydrogens (primary N) is 1. The number of hydrogen-bond donors (Lipinski definition) is 1. The second kappa shape index (κ2) is 4.32. The van der Waals surface area contributed by atoms with Crippen LogP contribution in [0.2, 0.25) is 10.0 Å². The van der Waals surface area contributed by atoms with Crippen molar-refractivity contribution in [2.24, 2.45) is 11.7 Å². The molecule has 0 amide bonds. The molecule has 2 N–H and O–H groups in total. The summed E-state index contributed by atoms with van der Waals surface area (Å²) >= 11 is 11.9. The first-order valence-corrected chi connectivity index (χ1v) is 6.04. The summed E-state index contributed by atoms with van der Waals surface area (Å²) < 4.78 is 0. The van der Waals surface area contributed by atoms with Crippen LogP contribution < -0.4 is 5.73 Å². The van der Waals surface area contributed by atoms with Gasteiger partial charge in [0.1, 0.15) is 0 Å². The Hall–Kier alpha value is -0.240. The van der Waals surface area contributed by atoms with Gasteiger partial charge in [-0.05, 0) is 42.4 Å². The van der Waals surface area contributed by atoms with Crippen molar-refractivity contribution in [1.29, 1.82) is 0 Å². The third kappa shape index (κ3) is 2.30. The number of benzene rings is 1. The summed E-state index contributed by atoms with van der Waals surface area (Å²) in [5, 5.41) is 1.27. The monoisotopic (exact) mass is 243 g/mol. The fourth-order valence-electron chi connectivity index (χ4n) is 2.18. The van der Waals surface area contributed by atoms with Gasteiger partial charge in [0.05, 0.1) is 10.0 Å². The van der Waals surface area contributed by atoms with E-state index in [1.165, 1.54) is 5.56 Å². The van der Waals surface area contributed by atoms with Gasteiger partial charge in [-0.25, -0.2) is 0 Å². The number of rotatable bonds is 2. The van der Waals surface area contributed by atoms with Crippen molar-refractivity contribution in [2.45, 2.75) is 31.7 Å². The zero-order chi connectivity index (χ0) is 11.0. The molecule has 1 nitrogen and oxygen atoms in total. The maximum atomic E-state index is 6.00. The van der Waals surface area contributed by atoms with Gasteiger partial charge in [0.15, 0.2) is 0 Å². The van der Waals surface area contributed by atoms with Crippen LogP contribution >= 0.6 is 23.2 Å². The topological polar surface area (TPSA) is 26.0 Å². The van der Waals surface area contributed by atoms with Gasteiger partial charge in [-0.15, -0.1) is 0 Å². The Labute approximate surface area is 101 Å². The minimum absolute atomic E-state index is 0.403. The van der Waals surface area contributed by atoms with Gasteiger partial charge in [-0.1, -0.05) is 36.2 Å². The molecule has 0 aromatic heterocycles. The van der Waals surface area contributed by atoms with Crippen LogP contribution in [0.15, 0.2) is 18.2 Å². The summed E-state index contributed by atoms with van der Waals surface area (Å²) in [6.45, 7) is 2.23. The van der Waals surface area contributed by atoms with Crippen LogP contribution in [0.5, 0.6) is 0 Å². The lowest BCUT2D eigenvalue weighted by molar-refractivity contribution is 0.230. The lowest BCUT2D eigenvalue weighted by atomic mass is 9.71. The van der Waals surface area contributed by atoms with Crippen LogP contribution in [0.3, 0.4) is 0 Å². The average Bonchev–Trinajstić information content (AvgIpc) is 2.16. The maximum Gasteiger partial charge on any atom is 0.0595 e. The molecule has 1 aliphatic carbocycles. The molecule has 1 aliphatic rings. The molecule has 0 radical (unpaired) electrons. The Morgan fingerprint density at radius 3 is 2.47 bits per heavy atom. The standard InChI is InChI=1S/C12H15Cl2N/c1-7(9-4-10(15)5-9)8-2-3-11(13)12(14)6-8/h2-3,6-7,9-10H,4-5,15H2,1H3. The molecule has 1 aromatic rings. The van der Waals surface area contributed by atoms with Gasteiger partial charge < -0.3 is 5.73 Å². The summed E-state index contributed by atoms with van der Waals surface area (Å²) in [5.74, 6) is 1.23. The SMILES string of the molecule is CC(c1ccc(Cl)c(Cl)c1)C1CC(N)C1. The fraction of sp³-hybridized carbons (Fsp3) is 0.500. The first-order valence-electron chi connectivity index (χ1n) is 5.28. The van der Waals surface area contributed by atoms with Gasteiger partial charge >= 0.3 is 0 Å². The molecular formula is C12H15Cl2N. The fourth-order valence-corrected chi connectivity index (χ4v) is 2.49. The molecule has 3 heteroatoms. The second-order valence-corrected chi connectivity index (χ2v) is 5.27. The Bertz CT molecular complexity index is 359. The molecule has 1 unspecified atom stereocenters. The van der Waals surface area contributed by atoms with Crippen LogP contribution in [0.1, 0.15) is 31.2 Å². The highest BCUT2D eigenvalue weighted by molar-refractivity contribution is 6.42. The zero-order valence-electron chi connectivity index (χ0n) is 8.71. The van der Waals surface area contributed by atoms with E-state index in [4.69, 9.17) is 28.9 Å². The molecule has 0 bridgehead atoms. The molecule has 0 heterocycles. The van der Waals surface area contributed by atoms with E-state index in [9.17, 15) is 0 Å². The highest BCUT2D eigenvalue weighted by Crippen LogP contribution is 2.39. The number of halogens is 2. The van der Waals surface area contributed by atoms with E-state index in [1.54, 1.807) is 0 Å². The van der Waals surface area contributed by atoms with E-state index in [-0.39, 0.29) is 0 Å². The molecular weight excluding hydrogens is 229 g/mol. The van der Waals surface area contributed by atoms with Crippen LogP contribution in [0.25, 0.3) is 0 Å². The summed E-state index contributed by atoms with van der Waals surface area (Å²) in [6.07, 6.45) is 2.25. The minimum atomic E-state index is 0.403. The third-order valence-electron chi connectivity index (χ3n) is 3.39. The Kier molecular flexibility index (Phi) is 3.24. The van der Waals surface area contributed by atoms with E-state index in [2.05, 4.69) is 13.0 Å². The highest BCUT2D eigenvalue weighted by atomic mass is 35.5. The third-order valence-corrected chi connectivity index (χ3v) is 4.13.